The second-order valence-electron chi connectivity index (χ2n) is 4.36. The lowest BCUT2D eigenvalue weighted by atomic mass is 9.81. The monoisotopic (exact) mass is 207 g/mol. The van der Waals surface area contributed by atoms with E-state index in [1.807, 2.05) is 12.1 Å². The predicted octanol–water partition coefficient (Wildman–Crippen LogP) is 3.14. The average Bonchev–Trinajstić information content (AvgIpc) is 2.29. The molecule has 2 atom stereocenters. The van der Waals surface area contributed by atoms with E-state index in [4.69, 9.17) is 5.73 Å². The summed E-state index contributed by atoms with van der Waals surface area (Å²) in [5.74, 6) is 0.383. The second-order valence-corrected chi connectivity index (χ2v) is 4.36. The summed E-state index contributed by atoms with van der Waals surface area (Å²) in [5, 5.41) is 0. The largest absolute Gasteiger partial charge is 0.326 e. The van der Waals surface area contributed by atoms with E-state index in [1.165, 1.54) is 11.1 Å². The van der Waals surface area contributed by atoms with Crippen LogP contribution in [0, 0.1) is 0 Å². The van der Waals surface area contributed by atoms with Gasteiger partial charge in [0.25, 0.3) is 0 Å². The van der Waals surface area contributed by atoms with Gasteiger partial charge in [0, 0.05) is 6.54 Å². The minimum atomic E-state index is -0.616. The van der Waals surface area contributed by atoms with Crippen molar-refractivity contribution in [1.82, 2.24) is 0 Å². The molecule has 0 radical (unpaired) electrons. The summed E-state index contributed by atoms with van der Waals surface area (Å²) in [4.78, 5) is 0. The van der Waals surface area contributed by atoms with Crippen molar-refractivity contribution >= 4 is 0 Å². The van der Waals surface area contributed by atoms with Crippen molar-refractivity contribution in [3.63, 3.8) is 0 Å². The van der Waals surface area contributed by atoms with Crippen molar-refractivity contribution < 1.29 is 4.39 Å². The number of alkyl halides is 1. The van der Waals surface area contributed by atoms with Crippen LogP contribution in [0.5, 0.6) is 0 Å². The molecule has 1 nitrogen and oxygen atoms in total. The molecule has 1 saturated carbocycles. The van der Waals surface area contributed by atoms with Gasteiger partial charge in [-0.25, -0.2) is 4.39 Å². The zero-order valence-corrected chi connectivity index (χ0v) is 8.95. The van der Waals surface area contributed by atoms with Gasteiger partial charge in [-0.2, -0.15) is 0 Å². The number of nitrogens with two attached hydrogens (primary N) is 1. The number of halogens is 1. The molecule has 1 aliphatic rings. The van der Waals surface area contributed by atoms with Crippen LogP contribution < -0.4 is 5.73 Å². The summed E-state index contributed by atoms with van der Waals surface area (Å²) in [6, 6.07) is 8.18. The predicted molar refractivity (Wildman–Crippen MR) is 60.4 cm³/mol. The highest BCUT2D eigenvalue weighted by atomic mass is 19.1. The van der Waals surface area contributed by atoms with Gasteiger partial charge >= 0.3 is 0 Å². The van der Waals surface area contributed by atoms with Gasteiger partial charge in [-0.1, -0.05) is 24.3 Å². The normalized spacial score (nSPS) is 26.5. The standard InChI is InChI=1S/C13H18FN/c14-12-6-3-5-10(8-12)13-7-2-1-4-11(13)9-15/h1-2,4,7,10,12H,3,5-6,8-9,15H2. The SMILES string of the molecule is NCc1ccccc1C1CCCC(F)C1. The van der Waals surface area contributed by atoms with Crippen molar-refractivity contribution in [3.8, 4) is 0 Å². The van der Waals surface area contributed by atoms with E-state index in [0.717, 1.165) is 19.3 Å². The topological polar surface area (TPSA) is 26.0 Å². The average molecular weight is 207 g/mol. The van der Waals surface area contributed by atoms with Crippen LogP contribution in [0.4, 0.5) is 4.39 Å². The summed E-state index contributed by atoms with van der Waals surface area (Å²) in [7, 11) is 0. The lowest BCUT2D eigenvalue weighted by Crippen LogP contribution is -2.16. The highest BCUT2D eigenvalue weighted by Crippen LogP contribution is 2.35. The molecule has 0 heterocycles. The Labute approximate surface area is 90.5 Å². The number of hydrogen-bond acceptors (Lipinski definition) is 1. The molecule has 2 N–H and O–H groups in total. The zero-order valence-electron chi connectivity index (χ0n) is 8.95. The van der Waals surface area contributed by atoms with E-state index in [1.54, 1.807) is 0 Å². The van der Waals surface area contributed by atoms with E-state index < -0.39 is 6.17 Å². The molecular weight excluding hydrogens is 189 g/mol. The van der Waals surface area contributed by atoms with Crippen molar-refractivity contribution in [2.24, 2.45) is 5.73 Å². The molecular formula is C13H18FN. The molecule has 2 rings (SSSR count). The molecule has 1 aromatic rings. The summed E-state index contributed by atoms with van der Waals surface area (Å²) in [6.07, 6.45) is 2.91. The fraction of sp³-hybridized carbons (Fsp3) is 0.538. The lowest BCUT2D eigenvalue weighted by molar-refractivity contribution is 0.231. The molecule has 2 heteroatoms. The first-order chi connectivity index (χ1) is 7.31. The summed E-state index contributed by atoms with van der Waals surface area (Å²) in [6.45, 7) is 0.559. The Morgan fingerprint density at radius 1 is 1.27 bits per heavy atom. The maximum atomic E-state index is 13.3. The summed E-state index contributed by atoms with van der Waals surface area (Å²) >= 11 is 0. The molecule has 2 unspecified atom stereocenters. The molecule has 0 amide bonds. The number of benzene rings is 1. The first kappa shape index (κ1) is 10.6. The van der Waals surface area contributed by atoms with Crippen LogP contribution in [-0.4, -0.2) is 6.17 Å². The van der Waals surface area contributed by atoms with Gasteiger partial charge in [-0.05, 0) is 42.7 Å². The van der Waals surface area contributed by atoms with Crippen LogP contribution in [0.3, 0.4) is 0 Å². The molecule has 0 bridgehead atoms. The Bertz CT molecular complexity index is 324. The highest BCUT2D eigenvalue weighted by Gasteiger charge is 2.23. The quantitative estimate of drug-likeness (QED) is 0.792. The van der Waals surface area contributed by atoms with Crippen LogP contribution in [0.25, 0.3) is 0 Å². The number of rotatable bonds is 2. The maximum Gasteiger partial charge on any atom is 0.101 e. The molecule has 0 aliphatic heterocycles. The molecule has 1 aromatic carbocycles. The van der Waals surface area contributed by atoms with Crippen LogP contribution in [0.1, 0.15) is 42.7 Å². The van der Waals surface area contributed by atoms with Crippen molar-refractivity contribution in [3.05, 3.63) is 35.4 Å². The Kier molecular flexibility index (Phi) is 3.37. The molecule has 0 spiro atoms. The number of hydrogen-bond donors (Lipinski definition) is 1. The fourth-order valence-corrected chi connectivity index (χ4v) is 2.53. The Balaban J connectivity index is 2.20. The Morgan fingerprint density at radius 3 is 2.80 bits per heavy atom. The maximum absolute atomic E-state index is 13.3. The first-order valence-corrected chi connectivity index (χ1v) is 5.73. The molecule has 1 aliphatic carbocycles. The minimum absolute atomic E-state index is 0.383. The van der Waals surface area contributed by atoms with Gasteiger partial charge in [0.1, 0.15) is 6.17 Å². The van der Waals surface area contributed by atoms with E-state index in [0.29, 0.717) is 18.9 Å². The van der Waals surface area contributed by atoms with Crippen LogP contribution in [-0.2, 0) is 6.54 Å². The van der Waals surface area contributed by atoms with Crippen LogP contribution in [0.2, 0.25) is 0 Å². The smallest absolute Gasteiger partial charge is 0.101 e. The van der Waals surface area contributed by atoms with E-state index in [-0.39, 0.29) is 0 Å². The Hall–Kier alpha value is -0.890. The van der Waals surface area contributed by atoms with Crippen LogP contribution in [0.15, 0.2) is 24.3 Å². The minimum Gasteiger partial charge on any atom is -0.326 e. The highest BCUT2D eigenvalue weighted by molar-refractivity contribution is 5.30. The first-order valence-electron chi connectivity index (χ1n) is 5.73. The third-order valence-corrected chi connectivity index (χ3v) is 3.33. The van der Waals surface area contributed by atoms with Gasteiger partial charge in [0.2, 0.25) is 0 Å². The fourth-order valence-electron chi connectivity index (χ4n) is 2.53. The summed E-state index contributed by atoms with van der Waals surface area (Å²) in [5.41, 5.74) is 8.14. The zero-order chi connectivity index (χ0) is 10.7. The van der Waals surface area contributed by atoms with Crippen molar-refractivity contribution in [2.75, 3.05) is 0 Å². The van der Waals surface area contributed by atoms with E-state index in [2.05, 4.69) is 12.1 Å². The third-order valence-electron chi connectivity index (χ3n) is 3.33. The molecule has 0 saturated heterocycles. The van der Waals surface area contributed by atoms with Gasteiger partial charge in [0.15, 0.2) is 0 Å². The van der Waals surface area contributed by atoms with E-state index >= 15 is 0 Å². The molecule has 0 aromatic heterocycles. The third kappa shape index (κ3) is 2.37. The molecule has 1 fully saturated rings. The van der Waals surface area contributed by atoms with Gasteiger partial charge in [-0.15, -0.1) is 0 Å². The van der Waals surface area contributed by atoms with Crippen LogP contribution >= 0.6 is 0 Å². The van der Waals surface area contributed by atoms with Crippen molar-refractivity contribution in [2.45, 2.75) is 44.3 Å². The molecule has 15 heavy (non-hydrogen) atoms. The lowest BCUT2D eigenvalue weighted by Gasteiger charge is -2.26. The molecule has 82 valence electrons. The van der Waals surface area contributed by atoms with Gasteiger partial charge < -0.3 is 5.73 Å². The van der Waals surface area contributed by atoms with Gasteiger partial charge in [-0.3, -0.25) is 0 Å². The second kappa shape index (κ2) is 4.75. The van der Waals surface area contributed by atoms with Gasteiger partial charge in [0.05, 0.1) is 0 Å². The van der Waals surface area contributed by atoms with Crippen molar-refractivity contribution in [1.29, 1.82) is 0 Å². The summed E-state index contributed by atoms with van der Waals surface area (Å²) < 4.78 is 13.3. The Morgan fingerprint density at radius 2 is 2.07 bits per heavy atom. The van der Waals surface area contributed by atoms with E-state index in [9.17, 15) is 4.39 Å².